The fourth-order valence-electron chi connectivity index (χ4n) is 2.90. The molecule has 0 amide bonds. The molecule has 2 aromatic heterocycles. The minimum Gasteiger partial charge on any atom is -0.348 e. The van der Waals surface area contributed by atoms with E-state index in [1.807, 2.05) is 0 Å². The molecule has 0 bridgehead atoms. The highest BCUT2D eigenvalue weighted by Crippen LogP contribution is 2.38. The molecule has 0 N–H and O–H groups in total. The quantitative estimate of drug-likeness (QED) is 0.438. The summed E-state index contributed by atoms with van der Waals surface area (Å²) in [4.78, 5) is 14.6. The number of hydrogen-bond donors (Lipinski definition) is 0. The maximum atomic E-state index is 14.4. The Labute approximate surface area is 154 Å². The van der Waals surface area contributed by atoms with Gasteiger partial charge in [0.05, 0.1) is 11.3 Å². The van der Waals surface area contributed by atoms with E-state index in [1.165, 1.54) is 11.3 Å². The van der Waals surface area contributed by atoms with Crippen molar-refractivity contribution < 1.29 is 17.6 Å². The minimum absolute atomic E-state index is 0.0658. The molecule has 3 heterocycles. The molecule has 1 aliphatic heterocycles. The van der Waals surface area contributed by atoms with Gasteiger partial charge in [-0.05, 0) is 42.6 Å². The zero-order chi connectivity index (χ0) is 18.5. The number of rotatable bonds is 2. The number of benzene rings is 1. The maximum Gasteiger partial charge on any atom is 0.416 e. The van der Waals surface area contributed by atoms with Gasteiger partial charge in [-0.25, -0.2) is 9.37 Å². The highest BCUT2D eigenvalue weighted by Gasteiger charge is 2.31. The van der Waals surface area contributed by atoms with Crippen LogP contribution >= 0.6 is 22.9 Å². The summed E-state index contributed by atoms with van der Waals surface area (Å²) in [6.45, 7) is 1.73. The van der Waals surface area contributed by atoms with Crippen molar-refractivity contribution in [1.29, 1.82) is 0 Å². The number of aromatic nitrogens is 3. The molecule has 0 atom stereocenters. The van der Waals surface area contributed by atoms with Gasteiger partial charge in [0.25, 0.3) is 0 Å². The Hall–Kier alpha value is -2.00. The predicted molar refractivity (Wildman–Crippen MR) is 92.1 cm³/mol. The van der Waals surface area contributed by atoms with Crippen molar-refractivity contribution in [2.24, 2.45) is 0 Å². The number of alkyl halides is 3. The van der Waals surface area contributed by atoms with Gasteiger partial charge in [-0.2, -0.15) is 23.1 Å². The van der Waals surface area contributed by atoms with E-state index in [0.717, 1.165) is 43.2 Å². The van der Waals surface area contributed by atoms with Gasteiger partial charge in [0, 0.05) is 18.7 Å². The summed E-state index contributed by atoms with van der Waals surface area (Å²) in [6, 6.07) is 2.34. The molecule has 1 aliphatic rings. The van der Waals surface area contributed by atoms with E-state index >= 15 is 0 Å². The Morgan fingerprint density at radius 3 is 2.46 bits per heavy atom. The molecule has 0 radical (unpaired) electrons. The molecule has 1 saturated heterocycles. The second kappa shape index (κ2) is 6.31. The number of anilines is 1. The molecule has 10 heteroatoms. The van der Waals surface area contributed by atoms with Crippen molar-refractivity contribution in [1.82, 2.24) is 15.0 Å². The standard InChI is InChI=1S/C16H11ClF4N4S/c17-14-22-11(9-4-3-8(7-10(9)18)16(19,20)21)12-13(23-14)24-15(26-12)25-5-1-2-6-25/h3-4,7H,1-2,5-6H2. The lowest BCUT2D eigenvalue weighted by Crippen LogP contribution is -2.16. The van der Waals surface area contributed by atoms with Gasteiger partial charge in [0.1, 0.15) is 10.5 Å². The summed E-state index contributed by atoms with van der Waals surface area (Å²) in [5, 5.41) is 0.590. The number of fused-ring (bicyclic) bond motifs is 1. The molecular formula is C16H11ClF4N4S. The summed E-state index contributed by atoms with van der Waals surface area (Å²) in [5.74, 6) is -1.02. The molecule has 0 spiro atoms. The van der Waals surface area contributed by atoms with Crippen LogP contribution in [0.1, 0.15) is 18.4 Å². The SMILES string of the molecule is Fc1cc(C(F)(F)F)ccc1-c1nc(Cl)nc2nc(N3CCCC3)sc12. The van der Waals surface area contributed by atoms with Crippen LogP contribution in [-0.2, 0) is 6.18 Å². The average Bonchev–Trinajstić information content (AvgIpc) is 3.22. The van der Waals surface area contributed by atoms with Crippen LogP contribution in [0.2, 0.25) is 5.28 Å². The largest absolute Gasteiger partial charge is 0.416 e. The predicted octanol–water partition coefficient (Wildman–Crippen LogP) is 5.16. The zero-order valence-electron chi connectivity index (χ0n) is 13.1. The molecule has 0 unspecified atom stereocenters. The molecule has 3 aromatic rings. The first kappa shape index (κ1) is 17.4. The maximum absolute atomic E-state index is 14.4. The lowest BCUT2D eigenvalue weighted by atomic mass is 10.1. The third kappa shape index (κ3) is 3.09. The van der Waals surface area contributed by atoms with Gasteiger partial charge >= 0.3 is 6.18 Å². The second-order valence-corrected chi connectivity index (χ2v) is 7.19. The first-order valence-electron chi connectivity index (χ1n) is 7.79. The lowest BCUT2D eigenvalue weighted by Gasteiger charge is -2.11. The van der Waals surface area contributed by atoms with Crippen molar-refractivity contribution in [3.8, 4) is 11.3 Å². The van der Waals surface area contributed by atoms with E-state index in [9.17, 15) is 17.6 Å². The Kier molecular flexibility index (Phi) is 4.23. The van der Waals surface area contributed by atoms with E-state index in [0.29, 0.717) is 16.4 Å². The van der Waals surface area contributed by atoms with Gasteiger partial charge in [-0.1, -0.05) is 11.3 Å². The van der Waals surface area contributed by atoms with Crippen LogP contribution in [-0.4, -0.2) is 28.0 Å². The van der Waals surface area contributed by atoms with Crippen LogP contribution in [0, 0.1) is 5.82 Å². The Morgan fingerprint density at radius 1 is 1.08 bits per heavy atom. The van der Waals surface area contributed by atoms with E-state index < -0.39 is 17.6 Å². The summed E-state index contributed by atoms with van der Waals surface area (Å²) >= 11 is 7.21. The van der Waals surface area contributed by atoms with Crippen LogP contribution in [0.3, 0.4) is 0 Å². The summed E-state index contributed by atoms with van der Waals surface area (Å²) in [5.41, 5.74) is -0.665. The molecule has 26 heavy (non-hydrogen) atoms. The van der Waals surface area contributed by atoms with E-state index in [4.69, 9.17) is 11.6 Å². The molecule has 4 nitrogen and oxygen atoms in total. The number of nitrogens with zero attached hydrogens (tertiary/aromatic N) is 4. The van der Waals surface area contributed by atoms with Crippen molar-refractivity contribution in [2.45, 2.75) is 19.0 Å². The number of halogens is 5. The Balaban J connectivity index is 1.85. The first-order chi connectivity index (χ1) is 12.3. The average molecular weight is 403 g/mol. The van der Waals surface area contributed by atoms with Crippen molar-refractivity contribution in [3.63, 3.8) is 0 Å². The monoisotopic (exact) mass is 402 g/mol. The Bertz CT molecular complexity index is 982. The highest BCUT2D eigenvalue weighted by atomic mass is 35.5. The van der Waals surface area contributed by atoms with Gasteiger partial charge in [0.15, 0.2) is 10.8 Å². The fourth-order valence-corrected chi connectivity index (χ4v) is 4.12. The van der Waals surface area contributed by atoms with Crippen molar-refractivity contribution >= 4 is 38.4 Å². The molecule has 0 aliphatic carbocycles. The summed E-state index contributed by atoms with van der Waals surface area (Å²) < 4.78 is 53.2. The molecule has 0 saturated carbocycles. The van der Waals surface area contributed by atoms with Gasteiger partial charge in [0.2, 0.25) is 5.28 Å². The zero-order valence-corrected chi connectivity index (χ0v) is 14.7. The first-order valence-corrected chi connectivity index (χ1v) is 8.98. The molecule has 1 fully saturated rings. The smallest absolute Gasteiger partial charge is 0.348 e. The minimum atomic E-state index is -4.62. The van der Waals surface area contributed by atoms with Crippen LogP contribution in [0.25, 0.3) is 21.6 Å². The van der Waals surface area contributed by atoms with Crippen LogP contribution in [0.4, 0.5) is 22.7 Å². The van der Waals surface area contributed by atoms with Crippen LogP contribution in [0.15, 0.2) is 18.2 Å². The molecule has 1 aromatic carbocycles. The van der Waals surface area contributed by atoms with E-state index in [1.54, 1.807) is 0 Å². The lowest BCUT2D eigenvalue weighted by molar-refractivity contribution is -0.137. The van der Waals surface area contributed by atoms with Gasteiger partial charge < -0.3 is 4.90 Å². The number of thiazole rings is 1. The molecule has 4 rings (SSSR count). The van der Waals surface area contributed by atoms with E-state index in [-0.39, 0.29) is 16.5 Å². The number of hydrogen-bond acceptors (Lipinski definition) is 5. The Morgan fingerprint density at radius 2 is 1.81 bits per heavy atom. The van der Waals surface area contributed by atoms with Gasteiger partial charge in [-0.15, -0.1) is 0 Å². The molecular weight excluding hydrogens is 392 g/mol. The second-order valence-electron chi connectivity index (χ2n) is 5.88. The fraction of sp³-hybridized carbons (Fsp3) is 0.312. The van der Waals surface area contributed by atoms with Crippen molar-refractivity contribution in [2.75, 3.05) is 18.0 Å². The third-order valence-electron chi connectivity index (χ3n) is 4.14. The topological polar surface area (TPSA) is 41.9 Å². The summed E-state index contributed by atoms with van der Waals surface area (Å²) in [7, 11) is 0. The van der Waals surface area contributed by atoms with Crippen molar-refractivity contribution in [3.05, 3.63) is 34.9 Å². The third-order valence-corrected chi connectivity index (χ3v) is 5.42. The highest BCUT2D eigenvalue weighted by molar-refractivity contribution is 7.22. The van der Waals surface area contributed by atoms with E-state index in [2.05, 4.69) is 19.9 Å². The van der Waals surface area contributed by atoms with Crippen LogP contribution < -0.4 is 4.90 Å². The normalized spacial score (nSPS) is 15.2. The van der Waals surface area contributed by atoms with Gasteiger partial charge in [-0.3, -0.25) is 0 Å². The molecule has 136 valence electrons. The van der Waals surface area contributed by atoms with Crippen LogP contribution in [0.5, 0.6) is 0 Å². The summed E-state index contributed by atoms with van der Waals surface area (Å²) in [6.07, 6.45) is -2.50.